The largest absolute Gasteiger partial charge is 0.346 e. The zero-order valence-electron chi connectivity index (χ0n) is 12.0. The molecule has 1 saturated carbocycles. The average molecular weight is 237 g/mol. The molecule has 2 unspecified atom stereocenters. The van der Waals surface area contributed by atoms with Crippen molar-refractivity contribution in [3.8, 4) is 0 Å². The summed E-state index contributed by atoms with van der Waals surface area (Å²) in [6, 6.07) is 0. The highest BCUT2D eigenvalue weighted by molar-refractivity contribution is 5.79. The minimum atomic E-state index is 0.140. The molecule has 17 heavy (non-hydrogen) atoms. The van der Waals surface area contributed by atoms with Crippen molar-refractivity contribution in [2.24, 2.45) is 17.3 Å². The Hall–Kier alpha value is -0.790. The van der Waals surface area contributed by atoms with Crippen molar-refractivity contribution < 1.29 is 4.79 Å². The van der Waals surface area contributed by atoms with E-state index in [0.717, 1.165) is 19.4 Å². The minimum absolute atomic E-state index is 0.140. The Balaban J connectivity index is 2.88. The van der Waals surface area contributed by atoms with Crippen LogP contribution in [0, 0.1) is 17.3 Å². The first-order valence-corrected chi connectivity index (χ1v) is 6.69. The van der Waals surface area contributed by atoms with Gasteiger partial charge in [0, 0.05) is 19.5 Å². The van der Waals surface area contributed by atoms with E-state index >= 15 is 0 Å². The van der Waals surface area contributed by atoms with Crippen LogP contribution in [0.3, 0.4) is 0 Å². The van der Waals surface area contributed by atoms with E-state index < -0.39 is 0 Å². The number of allylic oxidation sites excluding steroid dienone is 1. The molecule has 2 atom stereocenters. The molecule has 0 saturated heterocycles. The summed E-state index contributed by atoms with van der Waals surface area (Å²) in [6.07, 6.45) is 3.30. The van der Waals surface area contributed by atoms with Crippen LogP contribution in [0.15, 0.2) is 12.2 Å². The number of carbonyl (C=O) groups excluding carboxylic acids is 1. The third kappa shape index (κ3) is 3.34. The zero-order valence-corrected chi connectivity index (χ0v) is 12.0. The fraction of sp³-hybridized carbons (Fsp3) is 0.800. The molecule has 0 aromatic carbocycles. The van der Waals surface area contributed by atoms with Crippen LogP contribution in [0.2, 0.25) is 0 Å². The van der Waals surface area contributed by atoms with Crippen LogP contribution in [0.5, 0.6) is 0 Å². The van der Waals surface area contributed by atoms with Crippen LogP contribution in [0.25, 0.3) is 0 Å². The van der Waals surface area contributed by atoms with Gasteiger partial charge in [0.1, 0.15) is 0 Å². The minimum Gasteiger partial charge on any atom is -0.346 e. The molecule has 1 rings (SSSR count). The first-order chi connectivity index (χ1) is 7.78. The molecule has 0 aromatic rings. The highest BCUT2D eigenvalue weighted by atomic mass is 16.2. The Bertz CT molecular complexity index is 306. The first-order valence-electron chi connectivity index (χ1n) is 6.69. The molecule has 1 aliphatic rings. The third-order valence-corrected chi connectivity index (χ3v) is 4.19. The predicted molar refractivity (Wildman–Crippen MR) is 72.7 cm³/mol. The van der Waals surface area contributed by atoms with Crippen LogP contribution in [-0.4, -0.2) is 24.4 Å². The molecular formula is C15H27NO. The monoisotopic (exact) mass is 237 g/mol. The van der Waals surface area contributed by atoms with Crippen molar-refractivity contribution in [1.29, 1.82) is 0 Å². The second-order valence-corrected chi connectivity index (χ2v) is 6.32. The first kappa shape index (κ1) is 14.3. The molecule has 1 fully saturated rings. The van der Waals surface area contributed by atoms with Crippen LogP contribution in [0.1, 0.15) is 47.0 Å². The van der Waals surface area contributed by atoms with Gasteiger partial charge in [-0.05, 0) is 44.4 Å². The number of hydrogen-bond donors (Lipinski definition) is 0. The Kier molecular flexibility index (Phi) is 4.40. The summed E-state index contributed by atoms with van der Waals surface area (Å²) in [5, 5.41) is 0. The maximum atomic E-state index is 12.4. The predicted octanol–water partition coefficient (Wildman–Crippen LogP) is 3.48. The van der Waals surface area contributed by atoms with Crippen molar-refractivity contribution in [2.45, 2.75) is 47.0 Å². The molecule has 1 amide bonds. The number of hydrogen-bond acceptors (Lipinski definition) is 1. The van der Waals surface area contributed by atoms with Crippen LogP contribution < -0.4 is 0 Å². The van der Waals surface area contributed by atoms with Gasteiger partial charge in [0.2, 0.25) is 5.91 Å². The van der Waals surface area contributed by atoms with Crippen LogP contribution in [-0.2, 0) is 4.79 Å². The number of carbonyl (C=O) groups is 1. The van der Waals surface area contributed by atoms with E-state index in [1.54, 1.807) is 0 Å². The second kappa shape index (κ2) is 5.24. The molecule has 0 N–H and O–H groups in total. The molecule has 0 aliphatic heterocycles. The Morgan fingerprint density at radius 3 is 2.47 bits per heavy atom. The van der Waals surface area contributed by atoms with E-state index in [4.69, 9.17) is 0 Å². The molecule has 2 nitrogen and oxygen atoms in total. The SMILES string of the molecule is C=C(C)C1CCC(C)(C)CC1C(=O)N(C)CC. The highest BCUT2D eigenvalue weighted by Gasteiger charge is 2.39. The van der Waals surface area contributed by atoms with Gasteiger partial charge in [-0.15, -0.1) is 0 Å². The Labute approximate surface area is 106 Å². The summed E-state index contributed by atoms with van der Waals surface area (Å²) < 4.78 is 0. The number of rotatable bonds is 3. The highest BCUT2D eigenvalue weighted by Crippen LogP contribution is 2.44. The van der Waals surface area contributed by atoms with E-state index in [1.165, 1.54) is 12.0 Å². The maximum absolute atomic E-state index is 12.4. The normalized spacial score (nSPS) is 27.6. The summed E-state index contributed by atoms with van der Waals surface area (Å²) in [5.74, 6) is 0.819. The lowest BCUT2D eigenvalue weighted by molar-refractivity contribution is -0.138. The quantitative estimate of drug-likeness (QED) is 0.688. The van der Waals surface area contributed by atoms with E-state index in [0.29, 0.717) is 17.2 Å². The summed E-state index contributed by atoms with van der Waals surface area (Å²) in [6.45, 7) is 13.5. The van der Waals surface area contributed by atoms with Crippen molar-refractivity contribution in [2.75, 3.05) is 13.6 Å². The Morgan fingerprint density at radius 2 is 2.00 bits per heavy atom. The smallest absolute Gasteiger partial charge is 0.226 e. The van der Waals surface area contributed by atoms with Gasteiger partial charge in [-0.2, -0.15) is 0 Å². The lowest BCUT2D eigenvalue weighted by atomic mass is 9.65. The summed E-state index contributed by atoms with van der Waals surface area (Å²) in [4.78, 5) is 14.3. The van der Waals surface area contributed by atoms with Gasteiger partial charge in [0.15, 0.2) is 0 Å². The molecule has 0 aromatic heterocycles. The topological polar surface area (TPSA) is 20.3 Å². The molecular weight excluding hydrogens is 210 g/mol. The van der Waals surface area contributed by atoms with Gasteiger partial charge in [-0.1, -0.05) is 26.0 Å². The Morgan fingerprint density at radius 1 is 1.41 bits per heavy atom. The lowest BCUT2D eigenvalue weighted by Crippen LogP contribution is -2.42. The molecule has 0 heterocycles. The van der Waals surface area contributed by atoms with Gasteiger partial charge in [-0.3, -0.25) is 4.79 Å². The maximum Gasteiger partial charge on any atom is 0.226 e. The lowest BCUT2D eigenvalue weighted by Gasteiger charge is -2.41. The summed E-state index contributed by atoms with van der Waals surface area (Å²) in [5.41, 5.74) is 1.46. The molecule has 2 heteroatoms. The van der Waals surface area contributed by atoms with E-state index in [-0.39, 0.29) is 5.92 Å². The molecule has 0 radical (unpaired) electrons. The molecule has 0 spiro atoms. The summed E-state index contributed by atoms with van der Waals surface area (Å²) >= 11 is 0. The molecule has 1 aliphatic carbocycles. The van der Waals surface area contributed by atoms with E-state index in [9.17, 15) is 4.79 Å². The van der Waals surface area contributed by atoms with Gasteiger partial charge < -0.3 is 4.90 Å². The average Bonchev–Trinajstić information content (AvgIpc) is 2.25. The summed E-state index contributed by atoms with van der Waals surface area (Å²) in [7, 11) is 1.90. The van der Waals surface area contributed by atoms with Crippen LogP contribution >= 0.6 is 0 Å². The molecule has 98 valence electrons. The van der Waals surface area contributed by atoms with E-state index in [2.05, 4.69) is 27.4 Å². The van der Waals surface area contributed by atoms with Gasteiger partial charge in [0.25, 0.3) is 0 Å². The fourth-order valence-corrected chi connectivity index (χ4v) is 2.88. The van der Waals surface area contributed by atoms with Crippen LogP contribution in [0.4, 0.5) is 0 Å². The van der Waals surface area contributed by atoms with Gasteiger partial charge in [-0.25, -0.2) is 0 Å². The zero-order chi connectivity index (χ0) is 13.2. The van der Waals surface area contributed by atoms with Crippen molar-refractivity contribution in [3.63, 3.8) is 0 Å². The molecule has 0 bridgehead atoms. The van der Waals surface area contributed by atoms with Crippen molar-refractivity contribution in [1.82, 2.24) is 4.90 Å². The van der Waals surface area contributed by atoms with Gasteiger partial charge >= 0.3 is 0 Å². The fourth-order valence-electron chi connectivity index (χ4n) is 2.88. The number of amides is 1. The van der Waals surface area contributed by atoms with Crippen molar-refractivity contribution in [3.05, 3.63) is 12.2 Å². The number of nitrogens with zero attached hydrogens (tertiary/aromatic N) is 1. The van der Waals surface area contributed by atoms with Crippen molar-refractivity contribution >= 4 is 5.91 Å². The third-order valence-electron chi connectivity index (χ3n) is 4.19. The van der Waals surface area contributed by atoms with Gasteiger partial charge in [0.05, 0.1) is 0 Å². The standard InChI is InChI=1S/C15H27NO/c1-7-16(6)14(17)13-10-15(4,5)9-8-12(13)11(2)3/h12-13H,2,7-10H2,1,3-6H3. The van der Waals surface area contributed by atoms with E-state index in [1.807, 2.05) is 18.9 Å². The second-order valence-electron chi connectivity index (χ2n) is 6.32.